The van der Waals surface area contributed by atoms with Crippen LogP contribution in [0.4, 0.5) is 11.6 Å². The number of hydrogen-bond donors (Lipinski definition) is 2. The molecule has 1 unspecified atom stereocenters. The maximum absolute atomic E-state index is 13.3. The number of hydrogen-bond acceptors (Lipinski definition) is 6. The molecule has 0 fully saturated rings. The number of fused-ring (bicyclic) bond motifs is 1. The summed E-state index contributed by atoms with van der Waals surface area (Å²) in [4.78, 5) is 23.1. The third kappa shape index (κ3) is 3.27. The number of benzene rings is 1. The number of amides is 1. The summed E-state index contributed by atoms with van der Waals surface area (Å²) in [5, 5.41) is 13.0. The molecule has 1 aromatic carbocycles. The van der Waals surface area contributed by atoms with Gasteiger partial charge in [0.15, 0.2) is 5.82 Å². The third-order valence-electron chi connectivity index (χ3n) is 4.89. The predicted molar refractivity (Wildman–Crippen MR) is 117 cm³/mol. The molecule has 1 aliphatic rings. The zero-order valence-corrected chi connectivity index (χ0v) is 16.9. The van der Waals surface area contributed by atoms with E-state index in [0.717, 1.165) is 21.8 Å². The molecule has 3 aromatic heterocycles. The first-order valence-electron chi connectivity index (χ1n) is 9.45. The van der Waals surface area contributed by atoms with Crippen molar-refractivity contribution >= 4 is 28.9 Å². The molecule has 4 heterocycles. The molecule has 1 aliphatic heterocycles. The van der Waals surface area contributed by atoms with Crippen molar-refractivity contribution in [2.45, 2.75) is 13.0 Å². The van der Waals surface area contributed by atoms with Crippen LogP contribution >= 0.6 is 11.3 Å². The second kappa shape index (κ2) is 7.57. The van der Waals surface area contributed by atoms with Crippen LogP contribution in [-0.2, 0) is 4.79 Å². The fraction of sp³-hybridized carbons (Fsp3) is 0.0909. The van der Waals surface area contributed by atoms with Crippen LogP contribution in [0.2, 0.25) is 0 Å². The molecule has 7 nitrogen and oxygen atoms in total. The SMILES string of the molecule is CC1=C(C(=O)Nc2ccccc2)C(c2ccncc2)n2nc(-c3cccs3)nc2N1. The topological polar surface area (TPSA) is 84.7 Å². The van der Waals surface area contributed by atoms with Gasteiger partial charge in [-0.3, -0.25) is 9.78 Å². The van der Waals surface area contributed by atoms with E-state index in [4.69, 9.17) is 5.10 Å². The maximum atomic E-state index is 13.3. The summed E-state index contributed by atoms with van der Waals surface area (Å²) in [6.07, 6.45) is 3.44. The van der Waals surface area contributed by atoms with Crippen molar-refractivity contribution in [3.8, 4) is 10.7 Å². The Hall–Kier alpha value is -3.78. The summed E-state index contributed by atoms with van der Waals surface area (Å²) < 4.78 is 1.78. The number of pyridine rings is 1. The minimum Gasteiger partial charge on any atom is -0.328 e. The molecule has 0 bridgehead atoms. The molecule has 0 aliphatic carbocycles. The first kappa shape index (κ1) is 18.3. The van der Waals surface area contributed by atoms with Gasteiger partial charge in [-0.25, -0.2) is 4.68 Å². The Morgan fingerprint density at radius 3 is 2.63 bits per heavy atom. The summed E-state index contributed by atoms with van der Waals surface area (Å²) >= 11 is 1.58. The molecule has 148 valence electrons. The van der Waals surface area contributed by atoms with E-state index in [-0.39, 0.29) is 5.91 Å². The highest BCUT2D eigenvalue weighted by atomic mass is 32.1. The number of para-hydroxylation sites is 1. The van der Waals surface area contributed by atoms with Crippen LogP contribution in [0.3, 0.4) is 0 Å². The fourth-order valence-electron chi connectivity index (χ4n) is 3.53. The highest BCUT2D eigenvalue weighted by Gasteiger charge is 2.34. The summed E-state index contributed by atoms with van der Waals surface area (Å²) in [7, 11) is 0. The van der Waals surface area contributed by atoms with Gasteiger partial charge in [0.2, 0.25) is 5.95 Å². The lowest BCUT2D eigenvalue weighted by Gasteiger charge is -2.28. The Balaban J connectivity index is 1.60. The molecule has 2 N–H and O–H groups in total. The quantitative estimate of drug-likeness (QED) is 0.519. The minimum absolute atomic E-state index is 0.188. The normalized spacial score (nSPS) is 15.4. The standard InChI is InChI=1S/C22H18N6OS/c1-14-18(21(29)25-16-6-3-2-4-7-16)19(15-9-11-23-12-10-15)28-22(24-14)26-20(27-28)17-8-5-13-30-17/h2-13,19H,1H3,(H,25,29)(H,24,26,27). The lowest BCUT2D eigenvalue weighted by molar-refractivity contribution is -0.113. The highest BCUT2D eigenvalue weighted by molar-refractivity contribution is 7.13. The monoisotopic (exact) mass is 414 g/mol. The van der Waals surface area contributed by atoms with Crippen LogP contribution in [0.25, 0.3) is 10.7 Å². The molecule has 0 saturated carbocycles. The highest BCUT2D eigenvalue weighted by Crippen LogP contribution is 2.37. The van der Waals surface area contributed by atoms with E-state index < -0.39 is 6.04 Å². The largest absolute Gasteiger partial charge is 0.328 e. The van der Waals surface area contributed by atoms with E-state index in [9.17, 15) is 4.79 Å². The van der Waals surface area contributed by atoms with E-state index in [2.05, 4.69) is 20.6 Å². The Morgan fingerprint density at radius 2 is 1.90 bits per heavy atom. The first-order valence-corrected chi connectivity index (χ1v) is 10.3. The van der Waals surface area contributed by atoms with Gasteiger partial charge in [-0.1, -0.05) is 24.3 Å². The number of rotatable bonds is 4. The van der Waals surface area contributed by atoms with Crippen molar-refractivity contribution < 1.29 is 4.79 Å². The van der Waals surface area contributed by atoms with Crippen molar-refractivity contribution in [1.29, 1.82) is 0 Å². The van der Waals surface area contributed by atoms with Gasteiger partial charge in [-0.05, 0) is 48.2 Å². The van der Waals surface area contributed by atoms with Crippen molar-refractivity contribution in [3.05, 3.63) is 89.2 Å². The summed E-state index contributed by atoms with van der Waals surface area (Å²) in [5.41, 5.74) is 2.97. The lowest BCUT2D eigenvalue weighted by atomic mass is 9.96. The van der Waals surface area contributed by atoms with E-state index >= 15 is 0 Å². The Morgan fingerprint density at radius 1 is 1.10 bits per heavy atom. The second-order valence-corrected chi connectivity index (χ2v) is 7.80. The molecule has 0 radical (unpaired) electrons. The number of nitrogens with one attached hydrogen (secondary N) is 2. The van der Waals surface area contributed by atoms with Gasteiger partial charge in [0.1, 0.15) is 6.04 Å². The van der Waals surface area contributed by atoms with Gasteiger partial charge in [0.25, 0.3) is 5.91 Å². The maximum Gasteiger partial charge on any atom is 0.255 e. The number of nitrogens with zero attached hydrogens (tertiary/aromatic N) is 4. The minimum atomic E-state index is -0.422. The van der Waals surface area contributed by atoms with Gasteiger partial charge in [-0.2, -0.15) is 4.98 Å². The van der Waals surface area contributed by atoms with Crippen LogP contribution in [0.15, 0.2) is 83.6 Å². The molecule has 30 heavy (non-hydrogen) atoms. The van der Waals surface area contributed by atoms with Crippen LogP contribution in [0.1, 0.15) is 18.5 Å². The lowest BCUT2D eigenvalue weighted by Crippen LogP contribution is -2.31. The van der Waals surface area contributed by atoms with Gasteiger partial charge >= 0.3 is 0 Å². The van der Waals surface area contributed by atoms with Gasteiger partial charge in [0.05, 0.1) is 10.5 Å². The molecule has 1 atom stereocenters. The number of aromatic nitrogens is 4. The smallest absolute Gasteiger partial charge is 0.255 e. The Bertz CT molecular complexity index is 1220. The van der Waals surface area contributed by atoms with Crippen LogP contribution in [0, 0.1) is 0 Å². The van der Waals surface area contributed by atoms with E-state index in [0.29, 0.717) is 17.3 Å². The number of anilines is 2. The van der Waals surface area contributed by atoms with Crippen molar-refractivity contribution in [1.82, 2.24) is 19.7 Å². The molecule has 5 rings (SSSR count). The zero-order valence-electron chi connectivity index (χ0n) is 16.1. The Kier molecular flexibility index (Phi) is 4.61. The van der Waals surface area contributed by atoms with E-state index in [1.165, 1.54) is 0 Å². The van der Waals surface area contributed by atoms with Crippen LogP contribution < -0.4 is 10.6 Å². The van der Waals surface area contributed by atoms with Gasteiger partial charge < -0.3 is 10.6 Å². The van der Waals surface area contributed by atoms with Gasteiger partial charge in [-0.15, -0.1) is 16.4 Å². The van der Waals surface area contributed by atoms with Crippen molar-refractivity contribution in [2.24, 2.45) is 0 Å². The van der Waals surface area contributed by atoms with E-state index in [1.807, 2.05) is 66.9 Å². The zero-order chi connectivity index (χ0) is 20.5. The van der Waals surface area contributed by atoms with Gasteiger partial charge in [0, 0.05) is 23.8 Å². The second-order valence-electron chi connectivity index (χ2n) is 6.85. The van der Waals surface area contributed by atoms with Crippen molar-refractivity contribution in [2.75, 3.05) is 10.6 Å². The van der Waals surface area contributed by atoms with Crippen LogP contribution in [0.5, 0.6) is 0 Å². The number of carbonyl (C=O) groups is 1. The average Bonchev–Trinajstić information content (AvgIpc) is 3.44. The first-order chi connectivity index (χ1) is 14.7. The van der Waals surface area contributed by atoms with E-state index in [1.54, 1.807) is 28.4 Å². The fourth-order valence-corrected chi connectivity index (χ4v) is 4.18. The molecular weight excluding hydrogens is 396 g/mol. The number of carbonyl (C=O) groups excluding carboxylic acids is 1. The summed E-state index contributed by atoms with van der Waals surface area (Å²) in [5.74, 6) is 1.05. The molecule has 0 saturated heterocycles. The molecule has 0 spiro atoms. The summed E-state index contributed by atoms with van der Waals surface area (Å²) in [6.45, 7) is 1.89. The molecule has 4 aromatic rings. The summed E-state index contributed by atoms with van der Waals surface area (Å²) in [6, 6.07) is 16.7. The molecule has 1 amide bonds. The number of thiophene rings is 1. The Labute approximate surface area is 177 Å². The van der Waals surface area contributed by atoms with Crippen molar-refractivity contribution in [3.63, 3.8) is 0 Å². The molecular formula is C22H18N6OS. The predicted octanol–water partition coefficient (Wildman–Crippen LogP) is 4.33. The third-order valence-corrected chi connectivity index (χ3v) is 5.76. The molecule has 8 heteroatoms. The van der Waals surface area contributed by atoms with Crippen LogP contribution in [-0.4, -0.2) is 25.7 Å². The number of allylic oxidation sites excluding steroid dienone is 1. The average molecular weight is 414 g/mol.